The molecule has 9 nitrogen and oxygen atoms in total. The van der Waals surface area contributed by atoms with E-state index in [-0.39, 0.29) is 18.3 Å². The molecule has 1 saturated heterocycles. The molecule has 1 fully saturated rings. The zero-order chi connectivity index (χ0) is 22.8. The maximum absolute atomic E-state index is 13.5. The lowest BCUT2D eigenvalue weighted by Crippen LogP contribution is -2.24. The number of aliphatic hydroxyl groups is 2. The van der Waals surface area contributed by atoms with Crippen molar-refractivity contribution in [2.75, 3.05) is 11.9 Å². The maximum Gasteiger partial charge on any atom is 0.237 e. The lowest BCUT2D eigenvalue weighted by atomic mass is 9.90. The van der Waals surface area contributed by atoms with E-state index in [2.05, 4.69) is 20.3 Å². The van der Waals surface area contributed by atoms with Gasteiger partial charge in [0.1, 0.15) is 18.7 Å². The lowest BCUT2D eigenvalue weighted by Gasteiger charge is -2.18. The van der Waals surface area contributed by atoms with Crippen molar-refractivity contribution in [2.24, 2.45) is 0 Å². The van der Waals surface area contributed by atoms with E-state index in [9.17, 15) is 15.0 Å². The van der Waals surface area contributed by atoms with E-state index in [1.165, 1.54) is 12.7 Å². The molecule has 0 saturated carbocycles. The van der Waals surface area contributed by atoms with Crippen LogP contribution in [0, 0.1) is 0 Å². The van der Waals surface area contributed by atoms with Gasteiger partial charge in [0.25, 0.3) is 0 Å². The Kier molecular flexibility index (Phi) is 5.82. The van der Waals surface area contributed by atoms with Crippen molar-refractivity contribution in [3.05, 3.63) is 84.4 Å². The van der Waals surface area contributed by atoms with Crippen LogP contribution in [0.1, 0.15) is 29.7 Å². The van der Waals surface area contributed by atoms with Gasteiger partial charge >= 0.3 is 0 Å². The predicted octanol–water partition coefficient (Wildman–Crippen LogP) is 2.24. The van der Waals surface area contributed by atoms with E-state index in [1.807, 2.05) is 60.7 Å². The Morgan fingerprint density at radius 3 is 2.33 bits per heavy atom. The molecule has 0 unspecified atom stereocenters. The quantitative estimate of drug-likeness (QED) is 0.416. The molecule has 3 N–H and O–H groups in total. The van der Waals surface area contributed by atoms with Crippen molar-refractivity contribution in [2.45, 2.75) is 30.8 Å². The summed E-state index contributed by atoms with van der Waals surface area (Å²) < 4.78 is 7.40. The number of nitrogens with one attached hydrogen (secondary N) is 1. The molecule has 0 radical (unpaired) electrons. The molecule has 2 aromatic carbocycles. The van der Waals surface area contributed by atoms with Crippen molar-refractivity contribution in [1.82, 2.24) is 19.5 Å². The van der Waals surface area contributed by atoms with Gasteiger partial charge in [-0.3, -0.25) is 9.36 Å². The van der Waals surface area contributed by atoms with Crippen LogP contribution in [0.4, 0.5) is 5.82 Å². The van der Waals surface area contributed by atoms with Gasteiger partial charge in [0.05, 0.1) is 25.0 Å². The fourth-order valence-electron chi connectivity index (χ4n) is 4.18. The molecule has 0 spiro atoms. The average molecular weight is 445 g/mol. The number of anilines is 1. The van der Waals surface area contributed by atoms with Crippen molar-refractivity contribution >= 4 is 22.9 Å². The van der Waals surface area contributed by atoms with Gasteiger partial charge < -0.3 is 20.3 Å². The first-order chi connectivity index (χ1) is 16.2. The molecular weight excluding hydrogens is 422 g/mol. The Balaban J connectivity index is 1.46. The maximum atomic E-state index is 13.5. The van der Waals surface area contributed by atoms with Gasteiger partial charge in [0.15, 0.2) is 17.0 Å². The molecular formula is C24H23N5O4. The molecule has 168 valence electrons. The highest BCUT2D eigenvalue weighted by molar-refractivity contribution is 6.01. The number of carbonyl (C=O) groups is 1. The molecule has 1 aliphatic heterocycles. The minimum absolute atomic E-state index is 0.241. The second-order valence-electron chi connectivity index (χ2n) is 7.90. The van der Waals surface area contributed by atoms with Crippen LogP contribution in [0.25, 0.3) is 11.2 Å². The summed E-state index contributed by atoms with van der Waals surface area (Å²) in [6, 6.07) is 19.1. The zero-order valence-corrected chi connectivity index (χ0v) is 17.7. The van der Waals surface area contributed by atoms with Crippen molar-refractivity contribution in [1.29, 1.82) is 0 Å². The molecule has 2 aromatic heterocycles. The standard InChI is InChI=1S/C24H23N5O4/c30-12-18-17(31)11-19(33-18)29-14-27-21-22(25-13-26-23(21)29)28-24(32)20(15-7-3-1-4-8-15)16-9-5-2-6-10-16/h1-10,13-14,17-20,30-31H,11-12H2,(H,25,26,28,32)/t17-,18+,19+/m0/s1. The third kappa shape index (κ3) is 4.09. The number of ether oxygens (including phenoxy) is 1. The van der Waals surface area contributed by atoms with Crippen LogP contribution in [-0.2, 0) is 9.53 Å². The Hall–Kier alpha value is -3.66. The summed E-state index contributed by atoms with van der Waals surface area (Å²) >= 11 is 0. The van der Waals surface area contributed by atoms with Crippen LogP contribution in [0.5, 0.6) is 0 Å². The van der Waals surface area contributed by atoms with Crippen LogP contribution in [-0.4, -0.2) is 54.5 Å². The van der Waals surface area contributed by atoms with E-state index < -0.39 is 24.4 Å². The first-order valence-electron chi connectivity index (χ1n) is 10.7. The first-order valence-corrected chi connectivity index (χ1v) is 10.7. The normalized spacial score (nSPS) is 20.4. The number of rotatable bonds is 6. The number of fused-ring (bicyclic) bond motifs is 1. The summed E-state index contributed by atoms with van der Waals surface area (Å²) in [6.45, 7) is -0.277. The topological polar surface area (TPSA) is 122 Å². The average Bonchev–Trinajstić information content (AvgIpc) is 3.44. The Bertz CT molecular complexity index is 1210. The summed E-state index contributed by atoms with van der Waals surface area (Å²) in [7, 11) is 0. The molecule has 4 aromatic rings. The Labute approximate surface area is 189 Å². The monoisotopic (exact) mass is 445 g/mol. The number of imidazole rings is 1. The van der Waals surface area contributed by atoms with E-state index in [1.54, 1.807) is 4.57 Å². The Morgan fingerprint density at radius 1 is 1.06 bits per heavy atom. The van der Waals surface area contributed by atoms with Gasteiger partial charge in [-0.1, -0.05) is 60.7 Å². The molecule has 0 bridgehead atoms. The molecule has 3 atom stereocenters. The van der Waals surface area contributed by atoms with Gasteiger partial charge in [-0.2, -0.15) is 0 Å². The minimum atomic E-state index is -0.782. The molecule has 3 heterocycles. The SMILES string of the molecule is O=C(Nc1ncnc2c1ncn2[C@H]1C[C@H](O)[C@@H](CO)O1)C(c1ccccc1)c1ccccc1. The van der Waals surface area contributed by atoms with Crippen molar-refractivity contribution in [3.8, 4) is 0 Å². The van der Waals surface area contributed by atoms with E-state index in [0.717, 1.165) is 11.1 Å². The van der Waals surface area contributed by atoms with Crippen LogP contribution in [0.15, 0.2) is 73.3 Å². The summed E-state index contributed by atoms with van der Waals surface area (Å²) in [5.41, 5.74) is 2.60. The molecule has 1 aliphatic rings. The third-order valence-electron chi connectivity index (χ3n) is 5.82. The molecule has 0 aliphatic carbocycles. The highest BCUT2D eigenvalue weighted by Gasteiger charge is 2.35. The number of benzene rings is 2. The largest absolute Gasteiger partial charge is 0.394 e. The number of amides is 1. The summed E-state index contributed by atoms with van der Waals surface area (Å²) in [5, 5.41) is 22.4. The van der Waals surface area contributed by atoms with Crippen molar-refractivity contribution in [3.63, 3.8) is 0 Å². The van der Waals surface area contributed by atoms with Crippen LogP contribution in [0.3, 0.4) is 0 Å². The first kappa shape index (κ1) is 21.2. The van der Waals surface area contributed by atoms with Gasteiger partial charge in [-0.15, -0.1) is 0 Å². The van der Waals surface area contributed by atoms with Crippen molar-refractivity contribution < 1.29 is 19.7 Å². The highest BCUT2D eigenvalue weighted by Crippen LogP contribution is 2.32. The second kappa shape index (κ2) is 9.07. The summed E-state index contributed by atoms with van der Waals surface area (Å²) in [4.78, 5) is 26.4. The highest BCUT2D eigenvalue weighted by atomic mass is 16.5. The molecule has 5 rings (SSSR count). The fraction of sp³-hybridized carbons (Fsp3) is 0.250. The van der Waals surface area contributed by atoms with Crippen LogP contribution < -0.4 is 5.32 Å². The number of hydrogen-bond donors (Lipinski definition) is 3. The van der Waals surface area contributed by atoms with E-state index >= 15 is 0 Å². The third-order valence-corrected chi connectivity index (χ3v) is 5.82. The molecule has 33 heavy (non-hydrogen) atoms. The molecule has 9 heteroatoms. The fourth-order valence-corrected chi connectivity index (χ4v) is 4.18. The minimum Gasteiger partial charge on any atom is -0.394 e. The number of hydrogen-bond acceptors (Lipinski definition) is 7. The number of nitrogens with zero attached hydrogens (tertiary/aromatic N) is 4. The van der Waals surface area contributed by atoms with E-state index in [0.29, 0.717) is 17.6 Å². The van der Waals surface area contributed by atoms with Gasteiger partial charge in [0.2, 0.25) is 5.91 Å². The Morgan fingerprint density at radius 2 is 1.73 bits per heavy atom. The van der Waals surface area contributed by atoms with Crippen LogP contribution >= 0.6 is 0 Å². The summed E-state index contributed by atoms with van der Waals surface area (Å²) in [6.07, 6.45) is 1.22. The number of aliphatic hydroxyl groups excluding tert-OH is 2. The van der Waals surface area contributed by atoms with Crippen LogP contribution in [0.2, 0.25) is 0 Å². The second-order valence-corrected chi connectivity index (χ2v) is 7.90. The molecule has 1 amide bonds. The number of aromatic nitrogens is 4. The van der Waals surface area contributed by atoms with Gasteiger partial charge in [0, 0.05) is 6.42 Å². The van der Waals surface area contributed by atoms with Gasteiger partial charge in [-0.25, -0.2) is 15.0 Å². The van der Waals surface area contributed by atoms with E-state index in [4.69, 9.17) is 4.74 Å². The predicted molar refractivity (Wildman–Crippen MR) is 120 cm³/mol. The van der Waals surface area contributed by atoms with Gasteiger partial charge in [-0.05, 0) is 11.1 Å². The smallest absolute Gasteiger partial charge is 0.237 e. The zero-order valence-electron chi connectivity index (χ0n) is 17.7. The lowest BCUT2D eigenvalue weighted by molar-refractivity contribution is -0.116. The number of carbonyl (C=O) groups excluding carboxylic acids is 1. The summed E-state index contributed by atoms with van der Waals surface area (Å²) in [5.74, 6) is -0.481.